The molecule has 0 radical (unpaired) electrons. The van der Waals surface area contributed by atoms with Crippen molar-refractivity contribution in [3.8, 4) is 80.1 Å². The summed E-state index contributed by atoms with van der Waals surface area (Å²) in [7, 11) is 0. The third-order valence-electron chi connectivity index (χ3n) is 13.7. The van der Waals surface area contributed by atoms with Gasteiger partial charge in [0.2, 0.25) is 0 Å². The van der Waals surface area contributed by atoms with E-state index in [2.05, 4.69) is 221 Å². The Morgan fingerprint density at radius 2 is 0.699 bits per heavy atom. The average molecular weight is 955 g/mol. The minimum atomic E-state index is -0.196. The number of fused-ring (bicyclic) bond motifs is 3. The first-order chi connectivity index (χ1) is 34.7. The molecule has 0 N–H and O–H groups in total. The van der Waals surface area contributed by atoms with Crippen LogP contribution in [-0.2, 0) is 21.7 Å². The third-order valence-corrected chi connectivity index (χ3v) is 13.7. The summed E-state index contributed by atoms with van der Waals surface area (Å²) in [5.41, 5.74) is 12.5. The van der Waals surface area contributed by atoms with Crippen LogP contribution in [0.5, 0.6) is 0 Å². The highest BCUT2D eigenvalue weighted by atomic mass is 15.1. The van der Waals surface area contributed by atoms with Crippen LogP contribution < -0.4 is 0 Å². The van der Waals surface area contributed by atoms with Crippen LogP contribution in [0.3, 0.4) is 0 Å². The van der Waals surface area contributed by atoms with Gasteiger partial charge >= 0.3 is 0 Å². The lowest BCUT2D eigenvalue weighted by atomic mass is 9.83. The van der Waals surface area contributed by atoms with Crippen molar-refractivity contribution in [1.82, 2.24) is 34.5 Å². The fourth-order valence-electron chi connectivity index (χ4n) is 10.2. The van der Waals surface area contributed by atoms with Crippen molar-refractivity contribution in [3.63, 3.8) is 0 Å². The first-order valence-electron chi connectivity index (χ1n) is 25.2. The van der Waals surface area contributed by atoms with Crippen LogP contribution in [-0.4, -0.2) is 34.5 Å². The number of hydrogen-bond donors (Lipinski definition) is 0. The predicted octanol–water partition coefficient (Wildman–Crippen LogP) is 16.2. The molecule has 0 atom stereocenters. The molecule has 73 heavy (non-hydrogen) atoms. The summed E-state index contributed by atoms with van der Waals surface area (Å²) in [6.07, 6.45) is 0. The Morgan fingerprint density at radius 3 is 1.11 bits per heavy atom. The van der Waals surface area contributed by atoms with Gasteiger partial charge in [-0.1, -0.05) is 198 Å². The number of aromatic nitrogens is 7. The van der Waals surface area contributed by atoms with Crippen molar-refractivity contribution in [2.75, 3.05) is 0 Å². The van der Waals surface area contributed by atoms with Gasteiger partial charge in [0.1, 0.15) is 0 Å². The van der Waals surface area contributed by atoms with E-state index in [-0.39, 0.29) is 21.7 Å². The number of para-hydroxylation sites is 1. The van der Waals surface area contributed by atoms with Crippen LogP contribution >= 0.6 is 0 Å². The van der Waals surface area contributed by atoms with Gasteiger partial charge in [0.05, 0.1) is 28.4 Å². The van der Waals surface area contributed by atoms with Crippen LogP contribution in [0.2, 0.25) is 0 Å². The van der Waals surface area contributed by atoms with E-state index in [1.807, 2.05) is 30.3 Å². The zero-order valence-corrected chi connectivity index (χ0v) is 44.1. The number of rotatable bonds is 7. The summed E-state index contributed by atoms with van der Waals surface area (Å²) in [6, 6.07) is 56.8. The topological polar surface area (TPSA) is 106 Å². The third kappa shape index (κ3) is 9.21. The maximum atomic E-state index is 10.5. The van der Waals surface area contributed by atoms with E-state index in [0.717, 1.165) is 77.6 Å². The lowest BCUT2D eigenvalue weighted by Gasteiger charge is -2.24. The lowest BCUT2D eigenvalue weighted by Crippen LogP contribution is -2.15. The van der Waals surface area contributed by atoms with E-state index < -0.39 is 0 Å². The van der Waals surface area contributed by atoms with Crippen LogP contribution in [0.1, 0.15) is 111 Å². The second kappa shape index (κ2) is 18.2. The van der Waals surface area contributed by atoms with Gasteiger partial charge in [0, 0.05) is 44.2 Å². The maximum Gasteiger partial charge on any atom is 0.166 e. The molecule has 10 rings (SSSR count). The molecule has 362 valence electrons. The maximum absolute atomic E-state index is 10.5. The normalized spacial score (nSPS) is 12.4. The van der Waals surface area contributed by atoms with E-state index in [9.17, 15) is 5.26 Å². The van der Waals surface area contributed by atoms with Gasteiger partial charge in [-0.2, -0.15) is 5.26 Å². The Kier molecular flexibility index (Phi) is 12.1. The molecule has 3 heterocycles. The van der Waals surface area contributed by atoms with Gasteiger partial charge in [-0.25, -0.2) is 29.9 Å². The van der Waals surface area contributed by atoms with Gasteiger partial charge in [-0.3, -0.25) is 0 Å². The molecule has 3 aromatic heterocycles. The van der Waals surface area contributed by atoms with Crippen molar-refractivity contribution < 1.29 is 0 Å². The van der Waals surface area contributed by atoms with Gasteiger partial charge in [-0.05, 0) is 86.4 Å². The molecule has 0 unspecified atom stereocenters. The first-order valence-corrected chi connectivity index (χ1v) is 25.2. The smallest absolute Gasteiger partial charge is 0.166 e. The molecular formula is C65H62N8. The minimum Gasteiger partial charge on any atom is -0.308 e. The minimum absolute atomic E-state index is 0.157. The summed E-state index contributed by atoms with van der Waals surface area (Å²) in [5, 5.41) is 12.6. The van der Waals surface area contributed by atoms with E-state index in [1.54, 1.807) is 0 Å². The number of benzene rings is 7. The number of hydrogen-bond acceptors (Lipinski definition) is 7. The van der Waals surface area contributed by atoms with Crippen LogP contribution in [0.4, 0.5) is 0 Å². The molecule has 8 nitrogen and oxygen atoms in total. The number of nitriles is 1. The molecule has 0 saturated carbocycles. The van der Waals surface area contributed by atoms with Crippen molar-refractivity contribution in [3.05, 3.63) is 186 Å². The molecule has 0 aliphatic rings. The standard InChI is InChI=1S/C65H62N8/c1-62(2,3)49-28-18-13-24-43(49)57-67-56(68-58(69-57)44-25-14-19-29-50(44)63(4,5)6)41-34-36-54-47(38-41)42-23-17-22-32-53(42)73(54)55-35-33-40(39-66)37-48(55)61-71-59(45-26-15-20-30-51(45)64(7,8)9)70-60(72-61)46-27-16-21-31-52(46)65(10,11)12/h13-38H,1-12H3. The van der Waals surface area contributed by atoms with Crippen molar-refractivity contribution in [1.29, 1.82) is 5.26 Å². The molecule has 0 saturated heterocycles. The molecule has 0 aliphatic carbocycles. The Morgan fingerprint density at radius 1 is 0.342 bits per heavy atom. The van der Waals surface area contributed by atoms with E-state index in [1.165, 1.54) is 0 Å². The average Bonchev–Trinajstić information content (AvgIpc) is 3.70. The predicted molar refractivity (Wildman–Crippen MR) is 300 cm³/mol. The summed E-state index contributed by atoms with van der Waals surface area (Å²) >= 11 is 0. The van der Waals surface area contributed by atoms with Gasteiger partial charge in [0.25, 0.3) is 0 Å². The molecule has 0 amide bonds. The zero-order valence-electron chi connectivity index (χ0n) is 44.1. The van der Waals surface area contributed by atoms with Crippen LogP contribution in [0, 0.1) is 11.3 Å². The molecule has 0 fully saturated rings. The monoisotopic (exact) mass is 955 g/mol. The Balaban J connectivity index is 1.22. The summed E-state index contributed by atoms with van der Waals surface area (Å²) in [5.74, 6) is 3.46. The van der Waals surface area contributed by atoms with Crippen molar-refractivity contribution in [2.45, 2.75) is 105 Å². The van der Waals surface area contributed by atoms with Gasteiger partial charge in [-0.15, -0.1) is 0 Å². The van der Waals surface area contributed by atoms with E-state index >= 15 is 0 Å². The zero-order chi connectivity index (χ0) is 51.6. The quantitative estimate of drug-likeness (QED) is 0.157. The Hall–Kier alpha value is -8.15. The molecule has 10 aromatic rings. The highest BCUT2D eigenvalue weighted by molar-refractivity contribution is 6.11. The second-order valence-corrected chi connectivity index (χ2v) is 23.2. The van der Waals surface area contributed by atoms with E-state index in [4.69, 9.17) is 29.9 Å². The second-order valence-electron chi connectivity index (χ2n) is 23.2. The lowest BCUT2D eigenvalue weighted by molar-refractivity contribution is 0.590. The summed E-state index contributed by atoms with van der Waals surface area (Å²) < 4.78 is 2.27. The first kappa shape index (κ1) is 48.5. The van der Waals surface area contributed by atoms with Crippen LogP contribution in [0.15, 0.2) is 158 Å². The van der Waals surface area contributed by atoms with E-state index in [0.29, 0.717) is 46.1 Å². The fraction of sp³-hybridized carbons (Fsp3) is 0.246. The summed E-state index contributed by atoms with van der Waals surface area (Å²) in [4.78, 5) is 31.9. The number of nitrogens with zero attached hydrogens (tertiary/aromatic N) is 8. The highest BCUT2D eigenvalue weighted by Gasteiger charge is 2.28. The largest absolute Gasteiger partial charge is 0.308 e. The molecule has 7 aromatic carbocycles. The highest BCUT2D eigenvalue weighted by Crippen LogP contribution is 2.42. The van der Waals surface area contributed by atoms with Crippen molar-refractivity contribution in [2.24, 2.45) is 0 Å². The Bertz CT molecular complexity index is 3650. The Labute approximate surface area is 430 Å². The molecule has 0 aliphatic heterocycles. The molecule has 0 spiro atoms. The SMILES string of the molecule is CC(C)(C)c1ccccc1-c1nc(-c2ccc3c(c2)c2ccccc2n3-c2ccc(C#N)cc2-c2nc(-c3ccccc3C(C)(C)C)nc(-c3ccccc3C(C)(C)C)n2)nc(-c2ccccc2C(C)(C)C)n1. The van der Waals surface area contributed by atoms with Crippen molar-refractivity contribution >= 4 is 21.8 Å². The summed E-state index contributed by atoms with van der Waals surface area (Å²) in [6.45, 7) is 26.6. The molecular weight excluding hydrogens is 893 g/mol. The fourth-order valence-corrected chi connectivity index (χ4v) is 10.2. The molecule has 8 heteroatoms. The van der Waals surface area contributed by atoms with Gasteiger partial charge < -0.3 is 4.57 Å². The van der Waals surface area contributed by atoms with Gasteiger partial charge in [0.15, 0.2) is 34.9 Å². The van der Waals surface area contributed by atoms with Crippen LogP contribution in [0.25, 0.3) is 95.8 Å². The molecule has 0 bridgehead atoms.